The van der Waals surface area contributed by atoms with Crippen molar-refractivity contribution in [3.05, 3.63) is 83.9 Å². The molecule has 14 nitrogen and oxygen atoms in total. The number of morpholine rings is 1. The van der Waals surface area contributed by atoms with Crippen molar-refractivity contribution in [2.75, 3.05) is 37.4 Å². The van der Waals surface area contributed by atoms with E-state index in [9.17, 15) is 19.8 Å². The third-order valence-corrected chi connectivity index (χ3v) is 7.45. The molecule has 0 radical (unpaired) electrons. The number of benzene rings is 2. The molecular formula is C30H28FN7O7. The predicted molar refractivity (Wildman–Crippen MR) is 157 cm³/mol. The summed E-state index contributed by atoms with van der Waals surface area (Å²) >= 11 is 0. The van der Waals surface area contributed by atoms with Gasteiger partial charge in [0.1, 0.15) is 22.6 Å². The van der Waals surface area contributed by atoms with Crippen molar-refractivity contribution in [3.8, 4) is 17.3 Å². The van der Waals surface area contributed by atoms with Gasteiger partial charge in [-0.25, -0.2) is 14.1 Å². The van der Waals surface area contributed by atoms with Crippen LogP contribution in [0.1, 0.15) is 15.9 Å². The number of nitrogen functional groups attached to an aromatic ring is 1. The molecule has 1 saturated heterocycles. The number of halogens is 1. The number of para-hydroxylation sites is 1. The van der Waals surface area contributed by atoms with E-state index in [0.29, 0.717) is 11.6 Å². The lowest BCUT2D eigenvalue weighted by atomic mass is 9.86. The van der Waals surface area contributed by atoms with Gasteiger partial charge in [-0.1, -0.05) is 17.3 Å². The van der Waals surface area contributed by atoms with Crippen LogP contribution in [-0.4, -0.2) is 80.5 Å². The van der Waals surface area contributed by atoms with Crippen LogP contribution in [0.15, 0.2) is 71.5 Å². The Morgan fingerprint density at radius 3 is 2.87 bits per heavy atom. The van der Waals surface area contributed by atoms with Crippen LogP contribution >= 0.6 is 0 Å². The average Bonchev–Trinajstić information content (AvgIpc) is 3.67. The molecule has 2 aromatic carbocycles. The van der Waals surface area contributed by atoms with E-state index in [1.54, 1.807) is 42.7 Å². The molecule has 4 heterocycles. The number of nitrogens with zero attached hydrogens (tertiary/aromatic N) is 5. The summed E-state index contributed by atoms with van der Waals surface area (Å²) in [5.74, 6) is -1.82. The number of aliphatic hydroxyl groups is 1. The fourth-order valence-electron chi connectivity index (χ4n) is 5.25. The Labute approximate surface area is 254 Å². The molecule has 5 aromatic rings. The summed E-state index contributed by atoms with van der Waals surface area (Å²) in [4.78, 5) is 32.4. The molecule has 6 rings (SSSR count). The molecule has 5 N–H and O–H groups in total. The maximum Gasteiger partial charge on any atom is 0.260 e. The van der Waals surface area contributed by atoms with E-state index >= 15 is 4.39 Å². The minimum absolute atomic E-state index is 0.0197. The van der Waals surface area contributed by atoms with Gasteiger partial charge in [-0.3, -0.25) is 14.5 Å². The van der Waals surface area contributed by atoms with E-state index < -0.39 is 35.9 Å². The van der Waals surface area contributed by atoms with Crippen LogP contribution in [0.4, 0.5) is 16.0 Å². The molecule has 0 bridgehead atoms. The molecule has 0 saturated carbocycles. The summed E-state index contributed by atoms with van der Waals surface area (Å²) in [6.07, 6.45) is 1.35. The molecule has 1 aliphatic rings. The van der Waals surface area contributed by atoms with Crippen molar-refractivity contribution in [1.82, 2.24) is 25.2 Å². The lowest BCUT2D eigenvalue weighted by Gasteiger charge is -2.40. The zero-order valence-corrected chi connectivity index (χ0v) is 23.9. The number of nitrogens with two attached hydrogens (primary N) is 1. The second-order valence-electron chi connectivity index (χ2n) is 10.4. The number of ether oxygens (including phenoxy) is 2. The largest absolute Gasteiger partial charge is 0.507 e. The number of amides is 2. The van der Waals surface area contributed by atoms with Gasteiger partial charge < -0.3 is 35.3 Å². The number of phenols is 1. The van der Waals surface area contributed by atoms with E-state index in [-0.39, 0.29) is 59.1 Å². The fraction of sp³-hybridized carbons (Fsp3) is 0.233. The van der Waals surface area contributed by atoms with E-state index in [1.807, 2.05) is 0 Å². The number of hydrogen-bond donors (Lipinski definition) is 4. The molecule has 1 unspecified atom stereocenters. The van der Waals surface area contributed by atoms with Crippen molar-refractivity contribution in [2.24, 2.45) is 0 Å². The predicted octanol–water partition coefficient (Wildman–Crippen LogP) is 1.98. The molecular weight excluding hydrogens is 589 g/mol. The number of pyridine rings is 1. The molecule has 3 aromatic heterocycles. The van der Waals surface area contributed by atoms with Crippen LogP contribution in [0, 0.1) is 5.82 Å². The van der Waals surface area contributed by atoms with Gasteiger partial charge in [0.25, 0.3) is 11.8 Å². The number of phenolic OH excluding ortho intramolecular Hbond substituents is 1. The van der Waals surface area contributed by atoms with Crippen LogP contribution in [-0.2, 0) is 16.0 Å². The Balaban J connectivity index is 1.31. The minimum Gasteiger partial charge on any atom is -0.507 e. The molecule has 2 atom stereocenters. The number of methoxy groups -OCH3 is 1. The normalized spacial score (nSPS) is 16.5. The summed E-state index contributed by atoms with van der Waals surface area (Å²) in [5, 5.41) is 32.9. The van der Waals surface area contributed by atoms with E-state index in [2.05, 4.69) is 20.6 Å². The Hall–Kier alpha value is -5.54. The number of hydrogen-bond acceptors (Lipinski definition) is 11. The SMILES string of the molecule is COc1cc(-n2ccc(N3CCO[C@H](C(O)(CNC(=O)c4ccccc4O)Cc4cc(F)c5c(N)noc5c4)C3=O)n2)ccn1. The Kier molecular flexibility index (Phi) is 7.78. The molecule has 0 aliphatic carbocycles. The summed E-state index contributed by atoms with van der Waals surface area (Å²) in [6, 6.07) is 13.5. The van der Waals surface area contributed by atoms with Gasteiger partial charge in [0.2, 0.25) is 5.88 Å². The average molecular weight is 618 g/mol. The Morgan fingerprint density at radius 2 is 2.07 bits per heavy atom. The molecule has 0 spiro atoms. The summed E-state index contributed by atoms with van der Waals surface area (Å²) in [7, 11) is 1.49. The van der Waals surface area contributed by atoms with Gasteiger partial charge >= 0.3 is 0 Å². The molecule has 1 fully saturated rings. The first-order valence-electron chi connectivity index (χ1n) is 13.8. The van der Waals surface area contributed by atoms with Crippen molar-refractivity contribution >= 4 is 34.4 Å². The number of aromatic nitrogens is 4. The van der Waals surface area contributed by atoms with Crippen LogP contribution in [0.25, 0.3) is 16.7 Å². The smallest absolute Gasteiger partial charge is 0.260 e. The first kappa shape index (κ1) is 29.5. The lowest BCUT2D eigenvalue weighted by molar-refractivity contribution is -0.157. The number of carbonyl (C=O) groups excluding carboxylic acids is 2. The standard InChI is InChI=1S/C30H28FN7O7/c1-43-24-14-18(6-8-33-24)38-9-7-23(35-38)37-10-11-44-26(29(37)41)30(42,16-34-28(40)19-4-2-3-5-21(19)39)15-17-12-20(31)25-22(13-17)45-36-27(25)32/h2-9,12-14,26,39,42H,10-11,15-16H2,1H3,(H2,32,36)(H,34,40)/t26-,30?/m0/s1. The molecule has 2 amide bonds. The highest BCUT2D eigenvalue weighted by molar-refractivity contribution is 5.98. The summed E-state index contributed by atoms with van der Waals surface area (Å²) in [6.45, 7) is -0.355. The third kappa shape index (κ3) is 5.73. The van der Waals surface area contributed by atoms with E-state index in [4.69, 9.17) is 19.7 Å². The van der Waals surface area contributed by atoms with Crippen LogP contribution in [0.2, 0.25) is 0 Å². The monoisotopic (exact) mass is 617 g/mol. The van der Waals surface area contributed by atoms with Crippen molar-refractivity contribution < 1.29 is 38.2 Å². The minimum atomic E-state index is -2.11. The van der Waals surface area contributed by atoms with Gasteiger partial charge in [-0.05, 0) is 35.9 Å². The first-order valence-corrected chi connectivity index (χ1v) is 13.8. The molecule has 45 heavy (non-hydrogen) atoms. The number of anilines is 2. The van der Waals surface area contributed by atoms with Crippen LogP contribution in [0.3, 0.4) is 0 Å². The fourth-order valence-corrected chi connectivity index (χ4v) is 5.25. The second kappa shape index (κ2) is 11.9. The van der Waals surface area contributed by atoms with Crippen molar-refractivity contribution in [1.29, 1.82) is 0 Å². The molecule has 1 aliphatic heterocycles. The number of rotatable bonds is 9. The maximum absolute atomic E-state index is 15.0. The third-order valence-electron chi connectivity index (χ3n) is 7.45. The molecule has 232 valence electrons. The van der Waals surface area contributed by atoms with Crippen molar-refractivity contribution in [3.63, 3.8) is 0 Å². The Bertz CT molecular complexity index is 1890. The molecule has 15 heteroatoms. The number of aromatic hydroxyl groups is 1. The maximum atomic E-state index is 15.0. The number of carbonyl (C=O) groups is 2. The first-order chi connectivity index (χ1) is 21.7. The highest BCUT2D eigenvalue weighted by Gasteiger charge is 2.47. The zero-order chi connectivity index (χ0) is 31.7. The summed E-state index contributed by atoms with van der Waals surface area (Å²) < 4.78 is 32.7. The number of fused-ring (bicyclic) bond motifs is 1. The summed E-state index contributed by atoms with van der Waals surface area (Å²) in [5.41, 5.74) is 4.46. The topological polar surface area (TPSA) is 191 Å². The lowest BCUT2D eigenvalue weighted by Crippen LogP contribution is -2.63. The van der Waals surface area contributed by atoms with Gasteiger partial charge in [0.15, 0.2) is 23.3 Å². The van der Waals surface area contributed by atoms with Gasteiger partial charge in [-0.2, -0.15) is 0 Å². The van der Waals surface area contributed by atoms with Gasteiger partial charge in [0, 0.05) is 30.9 Å². The van der Waals surface area contributed by atoms with Crippen LogP contribution in [0.5, 0.6) is 11.6 Å². The van der Waals surface area contributed by atoms with E-state index in [0.717, 1.165) is 6.07 Å². The van der Waals surface area contributed by atoms with Gasteiger partial charge in [-0.15, -0.1) is 5.10 Å². The van der Waals surface area contributed by atoms with Crippen molar-refractivity contribution in [2.45, 2.75) is 18.1 Å². The Morgan fingerprint density at radius 1 is 1.24 bits per heavy atom. The quantitative estimate of drug-likeness (QED) is 0.189. The highest BCUT2D eigenvalue weighted by atomic mass is 19.1. The van der Waals surface area contributed by atoms with Crippen LogP contribution < -0.4 is 20.7 Å². The second-order valence-corrected chi connectivity index (χ2v) is 10.4. The zero-order valence-electron chi connectivity index (χ0n) is 23.9. The van der Waals surface area contributed by atoms with E-state index in [1.165, 1.54) is 34.9 Å². The van der Waals surface area contributed by atoms with Gasteiger partial charge in [0.05, 0.1) is 38.1 Å². The highest BCUT2D eigenvalue weighted by Crippen LogP contribution is 2.31. The number of nitrogens with one attached hydrogen (secondary N) is 1.